The molecule has 5 rings (SSSR count). The fourth-order valence-corrected chi connectivity index (χ4v) is 9.47. The number of Topliss-reactive ketones (excluding diaryl/α,β-unsaturated/α-hetero) is 1. The van der Waals surface area contributed by atoms with Crippen LogP contribution in [0.1, 0.15) is 86.5 Å². The zero-order valence-electron chi connectivity index (χ0n) is 21.6. The van der Waals surface area contributed by atoms with Crippen molar-refractivity contribution >= 4 is 11.6 Å². The van der Waals surface area contributed by atoms with E-state index in [4.69, 9.17) is 0 Å². The number of hydrogen-bond donors (Lipinski definition) is 0. The first-order valence-electron chi connectivity index (χ1n) is 13.1. The Labute approximate surface area is 204 Å². The van der Waals surface area contributed by atoms with E-state index < -0.39 is 10.8 Å². The zero-order valence-corrected chi connectivity index (χ0v) is 21.6. The van der Waals surface area contributed by atoms with Gasteiger partial charge in [-0.3, -0.25) is 9.59 Å². The first-order chi connectivity index (χ1) is 15.8. The van der Waals surface area contributed by atoms with E-state index >= 15 is 0 Å². The molecule has 0 amide bonds. The molecule has 34 heavy (non-hydrogen) atoms. The van der Waals surface area contributed by atoms with Gasteiger partial charge in [-0.05, 0) is 79.6 Å². The zero-order chi connectivity index (χ0) is 24.9. The highest BCUT2D eigenvalue weighted by Crippen LogP contribution is 2.70. The second-order valence-corrected chi connectivity index (χ2v) is 13.9. The number of nitrogens with zero attached hydrogens (tertiary/aromatic N) is 2. The van der Waals surface area contributed by atoms with Gasteiger partial charge < -0.3 is 0 Å². The molecule has 0 aliphatic heterocycles. The third-order valence-electron chi connectivity index (χ3n) is 11.3. The molecule has 3 saturated carbocycles. The van der Waals surface area contributed by atoms with Crippen LogP contribution in [0.5, 0.6) is 0 Å². The maximum Gasteiger partial charge on any atom is 0.178 e. The molecule has 4 heteroatoms. The van der Waals surface area contributed by atoms with Crippen molar-refractivity contribution in [3.63, 3.8) is 0 Å². The maximum absolute atomic E-state index is 14.0. The van der Waals surface area contributed by atoms with Crippen molar-refractivity contribution in [1.29, 1.82) is 10.5 Å². The molecule has 0 aromatic heterocycles. The van der Waals surface area contributed by atoms with Crippen LogP contribution in [0.25, 0.3) is 0 Å². The minimum absolute atomic E-state index is 0.0670. The summed E-state index contributed by atoms with van der Waals surface area (Å²) in [5.41, 5.74) is -0.110. The van der Waals surface area contributed by atoms with E-state index in [-0.39, 0.29) is 57.1 Å². The monoisotopic (exact) mass is 458 g/mol. The molecule has 180 valence electrons. The number of fused-ring (bicyclic) bond motifs is 7. The van der Waals surface area contributed by atoms with Gasteiger partial charge in [0.1, 0.15) is 6.07 Å². The van der Waals surface area contributed by atoms with E-state index in [0.29, 0.717) is 0 Å². The van der Waals surface area contributed by atoms with Crippen molar-refractivity contribution in [3.8, 4) is 12.1 Å². The Balaban J connectivity index is 1.66. The normalized spacial score (nSPS) is 46.4. The van der Waals surface area contributed by atoms with E-state index in [1.165, 1.54) is 0 Å². The summed E-state index contributed by atoms with van der Waals surface area (Å²) in [6.45, 7) is 13.0. The van der Waals surface area contributed by atoms with Gasteiger partial charge >= 0.3 is 0 Å². The van der Waals surface area contributed by atoms with Crippen molar-refractivity contribution in [2.45, 2.75) is 86.5 Å². The number of allylic oxidation sites excluding steroid dienone is 4. The summed E-state index contributed by atoms with van der Waals surface area (Å²) >= 11 is 0. The van der Waals surface area contributed by atoms with Gasteiger partial charge in [0.05, 0.1) is 17.1 Å². The molecule has 0 bridgehead atoms. The lowest BCUT2D eigenvalue weighted by Gasteiger charge is -2.64. The molecule has 0 aromatic rings. The molecule has 7 atom stereocenters. The SMILES string of the molecule is CC1(C)CCC2(C#N)CCC3C(C(=O)C=C4C3(C)CCC3C(C)(C)C(=O)C(C#N)=C[C@]43C)C2C1. The molecule has 6 unspecified atom stereocenters. The Kier molecular flexibility index (Phi) is 4.80. The second-order valence-electron chi connectivity index (χ2n) is 13.9. The summed E-state index contributed by atoms with van der Waals surface area (Å²) in [4.78, 5) is 27.1. The van der Waals surface area contributed by atoms with Crippen LogP contribution in [0.15, 0.2) is 23.3 Å². The minimum atomic E-state index is -0.632. The standard InChI is InChI=1S/C30H38N2O2/c1-26(2)11-12-30(17-32)10-7-19-24(20(30)15-26)21(33)13-23-28(19,5)9-8-22-27(3,4)25(34)18(16-31)14-29(22,23)6/h13-14,19-20,22,24H,7-12,15H2,1-6H3/t19?,20?,22?,24?,28?,29-,30?/m0/s1. The highest BCUT2D eigenvalue weighted by atomic mass is 16.1. The summed E-state index contributed by atoms with van der Waals surface area (Å²) in [5, 5.41) is 20.1. The number of carbonyl (C=O) groups excluding carboxylic acids is 2. The van der Waals surface area contributed by atoms with Crippen molar-refractivity contribution in [2.24, 2.45) is 50.7 Å². The lowest BCUT2D eigenvalue weighted by Crippen LogP contribution is -2.60. The van der Waals surface area contributed by atoms with Crippen LogP contribution >= 0.6 is 0 Å². The largest absolute Gasteiger partial charge is 0.295 e. The number of carbonyl (C=O) groups is 2. The molecule has 0 N–H and O–H groups in total. The molecule has 0 aromatic carbocycles. The van der Waals surface area contributed by atoms with Gasteiger partial charge in [0.25, 0.3) is 0 Å². The van der Waals surface area contributed by atoms with E-state index in [9.17, 15) is 20.1 Å². The first kappa shape index (κ1) is 23.5. The summed E-state index contributed by atoms with van der Waals surface area (Å²) in [7, 11) is 0. The Morgan fingerprint density at radius 2 is 1.62 bits per heavy atom. The molecule has 0 saturated heterocycles. The number of ketones is 2. The minimum Gasteiger partial charge on any atom is -0.295 e. The number of rotatable bonds is 0. The summed E-state index contributed by atoms with van der Waals surface area (Å²) < 4.78 is 0. The molecule has 3 fully saturated rings. The van der Waals surface area contributed by atoms with Gasteiger partial charge in [-0.1, -0.05) is 53.2 Å². The van der Waals surface area contributed by atoms with Crippen LogP contribution in [-0.2, 0) is 9.59 Å². The number of hydrogen-bond acceptors (Lipinski definition) is 4. The molecular formula is C30H38N2O2. The Bertz CT molecular complexity index is 1130. The highest BCUT2D eigenvalue weighted by molar-refractivity contribution is 6.04. The molecule has 5 aliphatic carbocycles. The molecule has 5 aliphatic rings. The Morgan fingerprint density at radius 3 is 2.26 bits per heavy atom. The molecule has 0 heterocycles. The third kappa shape index (κ3) is 2.81. The number of nitriles is 2. The topological polar surface area (TPSA) is 81.7 Å². The summed E-state index contributed by atoms with van der Waals surface area (Å²) in [6, 6.07) is 4.89. The van der Waals surface area contributed by atoms with Crippen molar-refractivity contribution < 1.29 is 9.59 Å². The second kappa shape index (κ2) is 6.94. The fourth-order valence-electron chi connectivity index (χ4n) is 9.47. The van der Waals surface area contributed by atoms with Gasteiger partial charge in [-0.15, -0.1) is 0 Å². The van der Waals surface area contributed by atoms with Crippen molar-refractivity contribution in [3.05, 3.63) is 23.3 Å². The van der Waals surface area contributed by atoms with Crippen LogP contribution in [0, 0.1) is 73.4 Å². The molecule has 0 radical (unpaired) electrons. The van der Waals surface area contributed by atoms with Crippen LogP contribution < -0.4 is 0 Å². The van der Waals surface area contributed by atoms with Gasteiger partial charge in [0.2, 0.25) is 0 Å². The predicted octanol–water partition coefficient (Wildman–Crippen LogP) is 6.34. The van der Waals surface area contributed by atoms with E-state index in [1.807, 2.05) is 26.0 Å². The first-order valence-corrected chi connectivity index (χ1v) is 13.1. The third-order valence-corrected chi connectivity index (χ3v) is 11.3. The average Bonchev–Trinajstić information content (AvgIpc) is 2.77. The van der Waals surface area contributed by atoms with E-state index in [2.05, 4.69) is 39.8 Å². The van der Waals surface area contributed by atoms with Gasteiger partial charge in [0.15, 0.2) is 11.6 Å². The van der Waals surface area contributed by atoms with Crippen molar-refractivity contribution in [1.82, 2.24) is 0 Å². The highest BCUT2D eigenvalue weighted by Gasteiger charge is 2.65. The maximum atomic E-state index is 14.0. The average molecular weight is 459 g/mol. The summed E-state index contributed by atoms with van der Waals surface area (Å²) in [5.74, 6) is 0.425. The quantitative estimate of drug-likeness (QED) is 0.424. The van der Waals surface area contributed by atoms with Gasteiger partial charge in [-0.25, -0.2) is 0 Å². The van der Waals surface area contributed by atoms with E-state index in [0.717, 1.165) is 50.5 Å². The van der Waals surface area contributed by atoms with Gasteiger partial charge in [0, 0.05) is 16.7 Å². The Hall–Kier alpha value is -2.20. The molecule has 0 spiro atoms. The Morgan fingerprint density at radius 1 is 0.912 bits per heavy atom. The molecular weight excluding hydrogens is 420 g/mol. The smallest absolute Gasteiger partial charge is 0.178 e. The fraction of sp³-hybridized carbons (Fsp3) is 0.733. The van der Waals surface area contributed by atoms with Crippen LogP contribution in [0.3, 0.4) is 0 Å². The van der Waals surface area contributed by atoms with Crippen molar-refractivity contribution in [2.75, 3.05) is 0 Å². The lowest BCUT2D eigenvalue weighted by molar-refractivity contribution is -0.142. The molecule has 4 nitrogen and oxygen atoms in total. The van der Waals surface area contributed by atoms with Crippen LogP contribution in [0.2, 0.25) is 0 Å². The van der Waals surface area contributed by atoms with Gasteiger partial charge in [-0.2, -0.15) is 10.5 Å². The van der Waals surface area contributed by atoms with Crippen LogP contribution in [0.4, 0.5) is 0 Å². The van der Waals surface area contributed by atoms with Crippen LogP contribution in [-0.4, -0.2) is 11.6 Å². The predicted molar refractivity (Wildman–Crippen MR) is 130 cm³/mol. The summed E-state index contributed by atoms with van der Waals surface area (Å²) in [6.07, 6.45) is 10.4. The van der Waals surface area contributed by atoms with E-state index in [1.54, 1.807) is 0 Å². The lowest BCUT2D eigenvalue weighted by atomic mass is 9.38.